The number of hydrogen-bond acceptors (Lipinski definition) is 4. The Morgan fingerprint density at radius 1 is 1.50 bits per heavy atom. The first-order valence-corrected chi connectivity index (χ1v) is 6.90. The predicted octanol–water partition coefficient (Wildman–Crippen LogP) is 1.33. The van der Waals surface area contributed by atoms with Gasteiger partial charge in [0, 0.05) is 12.2 Å². The van der Waals surface area contributed by atoms with E-state index in [2.05, 4.69) is 10.4 Å². The highest BCUT2D eigenvalue weighted by Gasteiger charge is 2.22. The summed E-state index contributed by atoms with van der Waals surface area (Å²) in [5, 5.41) is 25.2. The molecule has 0 radical (unpaired) electrons. The number of hydrogen-bond donors (Lipinski definition) is 4. The van der Waals surface area contributed by atoms with Crippen LogP contribution in [0, 0.1) is 5.41 Å². The number of fused-ring (bicyclic) bond motifs is 1. The highest BCUT2D eigenvalue weighted by atomic mass is 16.3. The van der Waals surface area contributed by atoms with Crippen LogP contribution in [-0.2, 0) is 0 Å². The second kappa shape index (κ2) is 5.13. The molecule has 106 valence electrons. The van der Waals surface area contributed by atoms with E-state index >= 15 is 0 Å². The number of nitrogen functional groups attached to an aromatic ring is 1. The summed E-state index contributed by atoms with van der Waals surface area (Å²) in [6.45, 7) is 0. The van der Waals surface area contributed by atoms with Crippen molar-refractivity contribution in [3.63, 3.8) is 0 Å². The van der Waals surface area contributed by atoms with Crippen molar-refractivity contribution in [2.75, 3.05) is 5.32 Å². The van der Waals surface area contributed by atoms with Gasteiger partial charge in [-0.2, -0.15) is 5.10 Å². The van der Waals surface area contributed by atoms with Gasteiger partial charge >= 0.3 is 0 Å². The van der Waals surface area contributed by atoms with Crippen molar-refractivity contribution < 1.29 is 5.11 Å². The van der Waals surface area contributed by atoms with Gasteiger partial charge in [0.15, 0.2) is 0 Å². The number of aliphatic hydroxyl groups is 1. The van der Waals surface area contributed by atoms with E-state index in [1.165, 1.54) is 0 Å². The van der Waals surface area contributed by atoms with Gasteiger partial charge in [0.05, 0.1) is 29.1 Å². The van der Waals surface area contributed by atoms with Crippen molar-refractivity contribution in [1.82, 2.24) is 9.61 Å². The molecule has 2 heterocycles. The number of nitrogens with two attached hydrogens (primary N) is 1. The second-order valence-corrected chi connectivity index (χ2v) is 5.35. The zero-order chi connectivity index (χ0) is 14.1. The first-order chi connectivity index (χ1) is 9.65. The number of rotatable bonds is 3. The summed E-state index contributed by atoms with van der Waals surface area (Å²) in [5.41, 5.74) is 7.99. The minimum atomic E-state index is -0.244. The average molecular weight is 273 g/mol. The summed E-state index contributed by atoms with van der Waals surface area (Å²) in [7, 11) is 0. The van der Waals surface area contributed by atoms with Crippen molar-refractivity contribution in [3.8, 4) is 0 Å². The zero-order valence-electron chi connectivity index (χ0n) is 11.2. The second-order valence-electron chi connectivity index (χ2n) is 5.35. The molecule has 0 aromatic carbocycles. The van der Waals surface area contributed by atoms with E-state index in [1.54, 1.807) is 10.7 Å². The molecule has 0 amide bonds. The number of nitrogens with one attached hydrogen (secondary N) is 2. The third-order valence-corrected chi connectivity index (χ3v) is 3.85. The summed E-state index contributed by atoms with van der Waals surface area (Å²) >= 11 is 0. The van der Waals surface area contributed by atoms with Gasteiger partial charge in [0.25, 0.3) is 0 Å². The van der Waals surface area contributed by atoms with Crippen LogP contribution in [0.1, 0.15) is 31.2 Å². The number of anilines is 1. The van der Waals surface area contributed by atoms with Crippen LogP contribution in [0.2, 0.25) is 0 Å². The summed E-state index contributed by atoms with van der Waals surface area (Å²) < 4.78 is 1.76. The lowest BCUT2D eigenvalue weighted by molar-refractivity contribution is 0.124. The summed E-state index contributed by atoms with van der Waals surface area (Å²) in [6.07, 6.45) is 6.85. The Labute approximate surface area is 117 Å². The lowest BCUT2D eigenvalue weighted by Gasteiger charge is -2.28. The third kappa shape index (κ3) is 2.34. The van der Waals surface area contributed by atoms with Crippen molar-refractivity contribution in [1.29, 1.82) is 5.41 Å². The molecule has 2 unspecified atom stereocenters. The van der Waals surface area contributed by atoms with Gasteiger partial charge in [-0.1, -0.05) is 0 Å². The number of aliphatic hydroxyl groups excluding tert-OH is 1. The molecule has 2 atom stereocenters. The van der Waals surface area contributed by atoms with Crippen LogP contribution in [0.3, 0.4) is 0 Å². The Balaban J connectivity index is 1.97. The molecule has 6 heteroatoms. The zero-order valence-corrected chi connectivity index (χ0v) is 11.2. The monoisotopic (exact) mass is 273 g/mol. The molecule has 1 saturated carbocycles. The molecule has 6 nitrogen and oxygen atoms in total. The molecule has 2 aromatic rings. The minimum Gasteiger partial charge on any atom is -0.393 e. The molecule has 1 aliphatic rings. The van der Waals surface area contributed by atoms with Gasteiger partial charge in [-0.3, -0.25) is 5.41 Å². The third-order valence-electron chi connectivity index (χ3n) is 3.85. The lowest BCUT2D eigenvalue weighted by atomic mass is 9.92. The molecular formula is C14H19N5O. The molecule has 0 bridgehead atoms. The van der Waals surface area contributed by atoms with E-state index < -0.39 is 0 Å². The van der Waals surface area contributed by atoms with Gasteiger partial charge < -0.3 is 16.2 Å². The highest BCUT2D eigenvalue weighted by Crippen LogP contribution is 2.27. The first-order valence-electron chi connectivity index (χ1n) is 6.90. The van der Waals surface area contributed by atoms with Crippen LogP contribution < -0.4 is 11.1 Å². The average Bonchev–Trinajstić information content (AvgIpc) is 2.87. The molecule has 2 aromatic heterocycles. The Hall–Kier alpha value is -2.08. The Kier molecular flexibility index (Phi) is 3.31. The fourth-order valence-corrected chi connectivity index (χ4v) is 2.85. The minimum absolute atomic E-state index is 0.0000536. The normalized spacial score (nSPS) is 22.9. The van der Waals surface area contributed by atoms with Crippen LogP contribution in [0.15, 0.2) is 24.5 Å². The topological polar surface area (TPSA) is 99.4 Å². The van der Waals surface area contributed by atoms with Crippen LogP contribution >= 0.6 is 0 Å². The van der Waals surface area contributed by atoms with E-state index in [4.69, 9.17) is 11.1 Å². The van der Waals surface area contributed by atoms with Gasteiger partial charge in [-0.25, -0.2) is 4.52 Å². The summed E-state index contributed by atoms with van der Waals surface area (Å²) in [4.78, 5) is 0. The fraction of sp³-hybridized carbons (Fsp3) is 0.429. The van der Waals surface area contributed by atoms with Crippen LogP contribution in [-0.4, -0.2) is 32.7 Å². The summed E-state index contributed by atoms with van der Waals surface area (Å²) in [5.74, 6) is 0.0000536. The van der Waals surface area contributed by atoms with Crippen LogP contribution in [0.25, 0.3) is 5.52 Å². The first kappa shape index (κ1) is 12.9. The van der Waals surface area contributed by atoms with Gasteiger partial charge in [0.2, 0.25) is 0 Å². The number of amidine groups is 1. The standard InChI is InChI=1S/C14H19N5O/c15-14(16)11-8-17-19-6-2-5-12(19)13(11)18-9-3-1-4-10(20)7-9/h2,5-6,8-10,18,20H,1,3-4,7H2,(H3,15,16). The maximum absolute atomic E-state index is 9.78. The van der Waals surface area contributed by atoms with Crippen molar-refractivity contribution >= 4 is 17.0 Å². The van der Waals surface area contributed by atoms with E-state index in [9.17, 15) is 5.11 Å². The smallest absolute Gasteiger partial charge is 0.126 e. The van der Waals surface area contributed by atoms with E-state index in [1.807, 2.05) is 18.3 Å². The largest absolute Gasteiger partial charge is 0.393 e. The lowest BCUT2D eigenvalue weighted by Crippen LogP contribution is -2.31. The Bertz CT molecular complexity index is 636. The Morgan fingerprint density at radius 3 is 3.10 bits per heavy atom. The van der Waals surface area contributed by atoms with Crippen LogP contribution in [0.5, 0.6) is 0 Å². The maximum Gasteiger partial charge on any atom is 0.126 e. The Morgan fingerprint density at radius 2 is 2.35 bits per heavy atom. The molecular weight excluding hydrogens is 254 g/mol. The van der Waals surface area contributed by atoms with E-state index in [0.717, 1.165) is 36.9 Å². The number of aromatic nitrogens is 2. The molecule has 20 heavy (non-hydrogen) atoms. The maximum atomic E-state index is 9.78. The van der Waals surface area contributed by atoms with Gasteiger partial charge in [-0.15, -0.1) is 0 Å². The molecule has 0 aliphatic heterocycles. The van der Waals surface area contributed by atoms with E-state index in [-0.39, 0.29) is 18.0 Å². The predicted molar refractivity (Wildman–Crippen MR) is 78.1 cm³/mol. The highest BCUT2D eigenvalue weighted by molar-refractivity contribution is 6.03. The fourth-order valence-electron chi connectivity index (χ4n) is 2.85. The molecule has 5 N–H and O–H groups in total. The van der Waals surface area contributed by atoms with Crippen molar-refractivity contribution in [3.05, 3.63) is 30.1 Å². The molecule has 3 rings (SSSR count). The SMILES string of the molecule is N=C(N)c1cnn2cccc2c1NC1CCCC(O)C1. The van der Waals surface area contributed by atoms with Crippen molar-refractivity contribution in [2.45, 2.75) is 37.8 Å². The van der Waals surface area contributed by atoms with Gasteiger partial charge in [0.1, 0.15) is 5.84 Å². The molecule has 1 fully saturated rings. The van der Waals surface area contributed by atoms with Crippen molar-refractivity contribution in [2.24, 2.45) is 5.73 Å². The van der Waals surface area contributed by atoms with Gasteiger partial charge in [-0.05, 0) is 37.8 Å². The van der Waals surface area contributed by atoms with Crippen LogP contribution in [0.4, 0.5) is 5.69 Å². The molecule has 0 saturated heterocycles. The summed E-state index contributed by atoms with van der Waals surface area (Å²) in [6, 6.07) is 4.06. The molecule has 1 aliphatic carbocycles. The molecule has 0 spiro atoms. The number of nitrogens with zero attached hydrogens (tertiary/aromatic N) is 2. The van der Waals surface area contributed by atoms with E-state index in [0.29, 0.717) is 5.56 Å². The quantitative estimate of drug-likeness (QED) is 0.501.